The second-order valence-corrected chi connectivity index (χ2v) is 7.89. The van der Waals surface area contributed by atoms with E-state index in [1.54, 1.807) is 24.3 Å². The molecule has 1 aromatic rings. The average Bonchev–Trinajstić information content (AvgIpc) is 2.89. The molecule has 1 fully saturated rings. The van der Waals surface area contributed by atoms with E-state index in [-0.39, 0.29) is 12.4 Å². The van der Waals surface area contributed by atoms with Gasteiger partial charge in [0.05, 0.1) is 5.75 Å². The summed E-state index contributed by atoms with van der Waals surface area (Å²) in [6.45, 7) is 0.659. The van der Waals surface area contributed by atoms with Crippen molar-refractivity contribution in [2.24, 2.45) is 5.92 Å². The van der Waals surface area contributed by atoms with Crippen LogP contribution in [0.25, 0.3) is 0 Å². The molecule has 1 aliphatic heterocycles. The topological polar surface area (TPSA) is 81.4 Å². The van der Waals surface area contributed by atoms with E-state index in [1.165, 1.54) is 0 Å². The summed E-state index contributed by atoms with van der Waals surface area (Å²) >= 11 is 1.88. The first-order chi connectivity index (χ1) is 9.55. The van der Waals surface area contributed by atoms with E-state index in [1.807, 2.05) is 11.8 Å². The summed E-state index contributed by atoms with van der Waals surface area (Å²) in [5.74, 6) is 3.19. The minimum absolute atomic E-state index is 0.0400. The van der Waals surface area contributed by atoms with Crippen LogP contribution < -0.4 is 15.2 Å². The molecule has 112 valence electrons. The maximum Gasteiger partial charge on any atom is 0.214 e. The Morgan fingerprint density at radius 3 is 3.00 bits per heavy atom. The first-order valence-corrected chi connectivity index (χ1v) is 9.39. The van der Waals surface area contributed by atoms with E-state index >= 15 is 0 Å². The third-order valence-electron chi connectivity index (χ3n) is 3.09. The third-order valence-corrected chi connectivity index (χ3v) is 5.64. The molecule has 0 amide bonds. The molecule has 0 spiro atoms. The molecule has 0 radical (unpaired) electrons. The van der Waals surface area contributed by atoms with Gasteiger partial charge in [-0.1, -0.05) is 6.07 Å². The number of thioether (sulfide) groups is 1. The van der Waals surface area contributed by atoms with E-state index in [0.29, 0.717) is 23.9 Å². The predicted octanol–water partition coefficient (Wildman–Crippen LogP) is 1.32. The summed E-state index contributed by atoms with van der Waals surface area (Å²) in [5.41, 5.74) is 6.22. The molecule has 0 saturated carbocycles. The van der Waals surface area contributed by atoms with Gasteiger partial charge in [0.2, 0.25) is 10.0 Å². The van der Waals surface area contributed by atoms with Crippen LogP contribution in [0.1, 0.15) is 6.42 Å². The number of sulfonamides is 1. The summed E-state index contributed by atoms with van der Waals surface area (Å²) in [5, 5.41) is 0. The van der Waals surface area contributed by atoms with Gasteiger partial charge in [0, 0.05) is 18.3 Å². The normalized spacial score (nSPS) is 19.1. The standard InChI is InChI=1S/C13H20N2O3S2/c14-12-2-1-3-13(8-12)18-5-7-20(16,17)15-9-11-4-6-19-10-11/h1-3,8,11,15H,4-7,9-10,14H2. The molecule has 1 heterocycles. The molecule has 3 N–H and O–H groups in total. The molecule has 0 bridgehead atoms. The number of ether oxygens (including phenoxy) is 1. The zero-order valence-corrected chi connectivity index (χ0v) is 12.9. The summed E-state index contributed by atoms with van der Waals surface area (Å²) < 4.78 is 31.7. The zero-order chi connectivity index (χ0) is 14.4. The first-order valence-electron chi connectivity index (χ1n) is 6.58. The smallest absolute Gasteiger partial charge is 0.214 e. The fourth-order valence-corrected chi connectivity index (χ4v) is 4.16. The summed E-state index contributed by atoms with van der Waals surface area (Å²) in [6, 6.07) is 6.96. The fourth-order valence-electron chi connectivity index (χ4n) is 1.93. The molecule has 5 nitrogen and oxygen atoms in total. The minimum Gasteiger partial charge on any atom is -0.492 e. The van der Waals surface area contributed by atoms with Crippen LogP contribution in [0, 0.1) is 5.92 Å². The number of rotatable bonds is 7. The summed E-state index contributed by atoms with van der Waals surface area (Å²) in [7, 11) is -3.26. The third kappa shape index (κ3) is 5.22. The largest absolute Gasteiger partial charge is 0.492 e. The molecule has 1 aromatic carbocycles. The van der Waals surface area contributed by atoms with E-state index in [0.717, 1.165) is 17.9 Å². The van der Waals surface area contributed by atoms with Crippen LogP contribution >= 0.6 is 11.8 Å². The molecule has 1 saturated heterocycles. The van der Waals surface area contributed by atoms with Gasteiger partial charge in [0.25, 0.3) is 0 Å². The Hall–Kier alpha value is -0.920. The monoisotopic (exact) mass is 316 g/mol. The molecule has 20 heavy (non-hydrogen) atoms. The Labute approximate surface area is 124 Å². The minimum atomic E-state index is -3.26. The van der Waals surface area contributed by atoms with Gasteiger partial charge in [0.1, 0.15) is 12.4 Å². The van der Waals surface area contributed by atoms with Crippen molar-refractivity contribution in [3.05, 3.63) is 24.3 Å². The van der Waals surface area contributed by atoms with Crippen LogP contribution in [0.4, 0.5) is 5.69 Å². The van der Waals surface area contributed by atoms with Gasteiger partial charge in [0.15, 0.2) is 0 Å². The van der Waals surface area contributed by atoms with Gasteiger partial charge in [-0.15, -0.1) is 0 Å². The van der Waals surface area contributed by atoms with Crippen molar-refractivity contribution in [1.82, 2.24) is 4.72 Å². The lowest BCUT2D eigenvalue weighted by atomic mass is 10.1. The van der Waals surface area contributed by atoms with Gasteiger partial charge in [-0.2, -0.15) is 11.8 Å². The Morgan fingerprint density at radius 2 is 2.30 bits per heavy atom. The number of hydrogen-bond donors (Lipinski definition) is 2. The number of nitrogens with one attached hydrogen (secondary N) is 1. The number of anilines is 1. The molecule has 1 aliphatic rings. The molecule has 7 heteroatoms. The van der Waals surface area contributed by atoms with E-state index in [4.69, 9.17) is 10.5 Å². The molecule has 1 atom stereocenters. The SMILES string of the molecule is Nc1cccc(OCCS(=O)(=O)NCC2CCSC2)c1. The Bertz CT molecular complexity index is 528. The number of hydrogen-bond acceptors (Lipinski definition) is 5. The van der Waals surface area contributed by atoms with E-state index < -0.39 is 10.0 Å². The number of benzene rings is 1. The van der Waals surface area contributed by atoms with E-state index in [9.17, 15) is 8.42 Å². The summed E-state index contributed by atoms with van der Waals surface area (Å²) in [4.78, 5) is 0. The van der Waals surface area contributed by atoms with Gasteiger partial charge in [-0.05, 0) is 36.0 Å². The van der Waals surface area contributed by atoms with Crippen LogP contribution in [-0.2, 0) is 10.0 Å². The number of nitrogen functional groups attached to an aromatic ring is 1. The molecule has 0 aliphatic carbocycles. The van der Waals surface area contributed by atoms with Gasteiger partial charge >= 0.3 is 0 Å². The van der Waals surface area contributed by atoms with Crippen molar-refractivity contribution in [3.63, 3.8) is 0 Å². The van der Waals surface area contributed by atoms with Crippen LogP contribution in [-0.4, -0.2) is 38.8 Å². The van der Waals surface area contributed by atoms with Crippen LogP contribution in [0.3, 0.4) is 0 Å². The quantitative estimate of drug-likeness (QED) is 0.742. The highest BCUT2D eigenvalue weighted by Crippen LogP contribution is 2.22. The Morgan fingerprint density at radius 1 is 1.45 bits per heavy atom. The summed E-state index contributed by atoms with van der Waals surface area (Å²) in [6.07, 6.45) is 1.09. The highest BCUT2D eigenvalue weighted by atomic mass is 32.2. The second kappa shape index (κ2) is 7.19. The van der Waals surface area contributed by atoms with Crippen LogP contribution in [0.15, 0.2) is 24.3 Å². The highest BCUT2D eigenvalue weighted by Gasteiger charge is 2.18. The molecular weight excluding hydrogens is 296 g/mol. The van der Waals surface area contributed by atoms with Gasteiger partial charge in [-0.3, -0.25) is 0 Å². The lowest BCUT2D eigenvalue weighted by Gasteiger charge is -2.11. The Balaban J connectivity index is 1.71. The number of nitrogens with two attached hydrogens (primary N) is 1. The fraction of sp³-hybridized carbons (Fsp3) is 0.538. The molecule has 2 rings (SSSR count). The molecule has 0 aromatic heterocycles. The zero-order valence-electron chi connectivity index (χ0n) is 11.2. The van der Waals surface area contributed by atoms with Crippen molar-refractivity contribution >= 4 is 27.5 Å². The molecule has 1 unspecified atom stereocenters. The van der Waals surface area contributed by atoms with Gasteiger partial charge < -0.3 is 10.5 Å². The van der Waals surface area contributed by atoms with Crippen molar-refractivity contribution in [2.45, 2.75) is 6.42 Å². The maximum absolute atomic E-state index is 11.8. The highest BCUT2D eigenvalue weighted by molar-refractivity contribution is 7.99. The van der Waals surface area contributed by atoms with E-state index in [2.05, 4.69) is 4.72 Å². The predicted molar refractivity (Wildman–Crippen MR) is 83.6 cm³/mol. The average molecular weight is 316 g/mol. The van der Waals surface area contributed by atoms with Crippen LogP contribution in [0.5, 0.6) is 5.75 Å². The van der Waals surface area contributed by atoms with Crippen molar-refractivity contribution in [3.8, 4) is 5.75 Å². The Kier molecular flexibility index (Phi) is 5.56. The first kappa shape index (κ1) is 15.5. The van der Waals surface area contributed by atoms with Crippen molar-refractivity contribution in [1.29, 1.82) is 0 Å². The van der Waals surface area contributed by atoms with Gasteiger partial charge in [-0.25, -0.2) is 13.1 Å². The lowest BCUT2D eigenvalue weighted by Crippen LogP contribution is -2.33. The van der Waals surface area contributed by atoms with Crippen LogP contribution in [0.2, 0.25) is 0 Å². The second-order valence-electron chi connectivity index (χ2n) is 4.82. The van der Waals surface area contributed by atoms with Crippen molar-refractivity contribution in [2.75, 3.05) is 36.1 Å². The lowest BCUT2D eigenvalue weighted by molar-refractivity contribution is 0.340. The maximum atomic E-state index is 11.8. The molecular formula is C13H20N2O3S2. The van der Waals surface area contributed by atoms with Crippen molar-refractivity contribution < 1.29 is 13.2 Å².